The smallest absolute Gasteiger partial charge is 0.306 e. The second-order valence-corrected chi connectivity index (χ2v) is 7.62. The topological polar surface area (TPSA) is 26.3 Å². The van der Waals surface area contributed by atoms with Gasteiger partial charge >= 0.3 is 5.97 Å². The van der Waals surface area contributed by atoms with Crippen molar-refractivity contribution >= 4 is 5.97 Å². The van der Waals surface area contributed by atoms with Gasteiger partial charge in [-0.1, -0.05) is 43.7 Å². The van der Waals surface area contributed by atoms with E-state index in [0.29, 0.717) is 12.3 Å². The lowest BCUT2D eigenvalue weighted by atomic mass is 9.74. The van der Waals surface area contributed by atoms with E-state index in [1.807, 2.05) is 6.92 Å². The molecule has 1 aromatic rings. The van der Waals surface area contributed by atoms with Crippen molar-refractivity contribution in [2.75, 3.05) is 0 Å². The van der Waals surface area contributed by atoms with E-state index in [4.69, 9.17) is 4.74 Å². The number of carbonyl (C=O) groups is 1. The van der Waals surface area contributed by atoms with Gasteiger partial charge in [0.1, 0.15) is 6.10 Å². The lowest BCUT2D eigenvalue weighted by Gasteiger charge is -2.31. The molecule has 1 aromatic carbocycles. The summed E-state index contributed by atoms with van der Waals surface area (Å²) in [6.07, 6.45) is 3.01. The molecule has 2 bridgehead atoms. The number of aryl methyl sites for hydroxylation is 1. The Bertz CT molecular complexity index is 531. The molecular formula is C20H28O2. The molecule has 2 aliphatic rings. The monoisotopic (exact) mass is 300 g/mol. The van der Waals surface area contributed by atoms with Crippen LogP contribution in [0.3, 0.4) is 0 Å². The van der Waals surface area contributed by atoms with Crippen molar-refractivity contribution in [3.63, 3.8) is 0 Å². The zero-order valence-corrected chi connectivity index (χ0v) is 14.2. The number of benzene rings is 1. The Hall–Kier alpha value is -1.31. The standard InChI is InChI=1S/C20H28O2/c1-12-5-7-16(8-6-12)15(4)22-20(21)11-18-9-17-10-19(18)14(3)13(17)2/h5-8,13-15,17-19H,9-11H2,1-4H3. The normalized spacial score (nSPS) is 34.6. The van der Waals surface area contributed by atoms with Gasteiger partial charge in [-0.3, -0.25) is 4.79 Å². The van der Waals surface area contributed by atoms with Crippen molar-refractivity contribution in [1.29, 1.82) is 0 Å². The summed E-state index contributed by atoms with van der Waals surface area (Å²) in [4.78, 5) is 12.3. The van der Waals surface area contributed by atoms with Crippen LogP contribution in [0.1, 0.15) is 57.3 Å². The number of hydrogen-bond acceptors (Lipinski definition) is 2. The average Bonchev–Trinajstić information content (AvgIpc) is 3.00. The Balaban J connectivity index is 1.54. The van der Waals surface area contributed by atoms with E-state index in [9.17, 15) is 4.79 Å². The van der Waals surface area contributed by atoms with Crippen molar-refractivity contribution in [1.82, 2.24) is 0 Å². The maximum absolute atomic E-state index is 12.3. The van der Waals surface area contributed by atoms with Crippen molar-refractivity contribution in [2.45, 2.75) is 53.1 Å². The van der Waals surface area contributed by atoms with Gasteiger partial charge in [0.05, 0.1) is 0 Å². The summed E-state index contributed by atoms with van der Waals surface area (Å²) in [5, 5.41) is 0. The van der Waals surface area contributed by atoms with Crippen LogP contribution in [0, 0.1) is 36.5 Å². The van der Waals surface area contributed by atoms with Crippen LogP contribution in [0.5, 0.6) is 0 Å². The lowest BCUT2D eigenvalue weighted by Crippen LogP contribution is -2.26. The van der Waals surface area contributed by atoms with Gasteiger partial charge in [-0.2, -0.15) is 0 Å². The SMILES string of the molecule is Cc1ccc(C(C)OC(=O)CC2CC3CC2C(C)C3C)cc1. The molecule has 22 heavy (non-hydrogen) atoms. The second-order valence-electron chi connectivity index (χ2n) is 7.62. The summed E-state index contributed by atoms with van der Waals surface area (Å²) in [7, 11) is 0. The highest BCUT2D eigenvalue weighted by Gasteiger charge is 2.49. The summed E-state index contributed by atoms with van der Waals surface area (Å²) >= 11 is 0. The van der Waals surface area contributed by atoms with Crippen LogP contribution in [0.2, 0.25) is 0 Å². The minimum absolute atomic E-state index is 0.0227. The van der Waals surface area contributed by atoms with Crippen LogP contribution in [0.15, 0.2) is 24.3 Å². The van der Waals surface area contributed by atoms with Gasteiger partial charge in [-0.15, -0.1) is 0 Å². The number of ether oxygens (including phenoxy) is 1. The largest absolute Gasteiger partial charge is 0.458 e. The molecule has 0 saturated heterocycles. The van der Waals surface area contributed by atoms with Crippen LogP contribution >= 0.6 is 0 Å². The zero-order valence-electron chi connectivity index (χ0n) is 14.2. The average molecular weight is 300 g/mol. The molecule has 0 aliphatic heterocycles. The molecule has 2 nitrogen and oxygen atoms in total. The number of hydrogen-bond donors (Lipinski definition) is 0. The molecule has 2 saturated carbocycles. The van der Waals surface area contributed by atoms with Crippen LogP contribution in [0.25, 0.3) is 0 Å². The number of fused-ring (bicyclic) bond motifs is 2. The lowest BCUT2D eigenvalue weighted by molar-refractivity contribution is -0.150. The van der Waals surface area contributed by atoms with Gasteiger partial charge in [0.25, 0.3) is 0 Å². The maximum atomic E-state index is 12.3. The summed E-state index contributed by atoms with van der Waals surface area (Å²) in [5.41, 5.74) is 2.31. The second kappa shape index (κ2) is 6.06. The summed E-state index contributed by atoms with van der Waals surface area (Å²) in [6.45, 7) is 8.77. The molecule has 6 atom stereocenters. The molecule has 0 spiro atoms. The first-order valence-electron chi connectivity index (χ1n) is 8.71. The summed E-state index contributed by atoms with van der Waals surface area (Å²) < 4.78 is 5.67. The van der Waals surface area contributed by atoms with Crippen LogP contribution < -0.4 is 0 Å². The van der Waals surface area contributed by atoms with E-state index in [1.54, 1.807) is 0 Å². The Morgan fingerprint density at radius 3 is 2.45 bits per heavy atom. The Morgan fingerprint density at radius 2 is 1.86 bits per heavy atom. The summed E-state index contributed by atoms with van der Waals surface area (Å²) in [6, 6.07) is 8.24. The molecule has 120 valence electrons. The number of rotatable bonds is 4. The van der Waals surface area contributed by atoms with Gasteiger partial charge in [0, 0.05) is 6.42 Å². The molecule has 3 rings (SSSR count). The minimum Gasteiger partial charge on any atom is -0.458 e. The first-order chi connectivity index (χ1) is 10.5. The van der Waals surface area contributed by atoms with Crippen molar-refractivity contribution in [3.05, 3.63) is 35.4 Å². The minimum atomic E-state index is -0.150. The Kier molecular flexibility index (Phi) is 4.29. The van der Waals surface area contributed by atoms with E-state index < -0.39 is 0 Å². The molecule has 0 heterocycles. The Labute approximate surface area is 134 Å². The molecule has 0 amide bonds. The van der Waals surface area contributed by atoms with E-state index in [-0.39, 0.29) is 12.1 Å². The zero-order chi connectivity index (χ0) is 15.9. The van der Waals surface area contributed by atoms with E-state index in [2.05, 4.69) is 45.0 Å². The third-order valence-electron chi connectivity index (χ3n) is 6.32. The highest BCUT2D eigenvalue weighted by Crippen LogP contribution is 2.55. The van der Waals surface area contributed by atoms with Gasteiger partial charge in [-0.05, 0) is 61.8 Å². The predicted molar refractivity (Wildman–Crippen MR) is 88.3 cm³/mol. The molecule has 2 fully saturated rings. The molecule has 0 radical (unpaired) electrons. The molecular weight excluding hydrogens is 272 g/mol. The van der Waals surface area contributed by atoms with Crippen LogP contribution in [0.4, 0.5) is 0 Å². The molecule has 2 heteroatoms. The van der Waals surface area contributed by atoms with Gasteiger partial charge in [0.2, 0.25) is 0 Å². The molecule has 2 aliphatic carbocycles. The number of carbonyl (C=O) groups excluding carboxylic acids is 1. The highest BCUT2D eigenvalue weighted by molar-refractivity contribution is 5.70. The van der Waals surface area contributed by atoms with Gasteiger partial charge in [0.15, 0.2) is 0 Å². The Morgan fingerprint density at radius 1 is 1.18 bits per heavy atom. The molecule has 0 N–H and O–H groups in total. The first kappa shape index (κ1) is 15.6. The van der Waals surface area contributed by atoms with Crippen molar-refractivity contribution in [2.24, 2.45) is 29.6 Å². The van der Waals surface area contributed by atoms with Crippen molar-refractivity contribution < 1.29 is 9.53 Å². The van der Waals surface area contributed by atoms with E-state index in [1.165, 1.54) is 18.4 Å². The third-order valence-corrected chi connectivity index (χ3v) is 6.32. The highest BCUT2D eigenvalue weighted by atomic mass is 16.5. The summed E-state index contributed by atoms with van der Waals surface area (Å²) in [5.74, 6) is 3.71. The first-order valence-corrected chi connectivity index (χ1v) is 8.71. The quantitative estimate of drug-likeness (QED) is 0.738. The van der Waals surface area contributed by atoms with Crippen LogP contribution in [-0.2, 0) is 9.53 Å². The predicted octanol–water partition coefficient (Wildman–Crippen LogP) is 4.92. The van der Waals surface area contributed by atoms with E-state index >= 15 is 0 Å². The van der Waals surface area contributed by atoms with Gasteiger partial charge < -0.3 is 4.74 Å². The van der Waals surface area contributed by atoms with Gasteiger partial charge in [-0.25, -0.2) is 0 Å². The fourth-order valence-corrected chi connectivity index (χ4v) is 4.69. The van der Waals surface area contributed by atoms with Crippen LogP contribution in [-0.4, -0.2) is 5.97 Å². The fourth-order valence-electron chi connectivity index (χ4n) is 4.69. The third kappa shape index (κ3) is 2.93. The maximum Gasteiger partial charge on any atom is 0.306 e. The van der Waals surface area contributed by atoms with Crippen molar-refractivity contribution in [3.8, 4) is 0 Å². The fraction of sp³-hybridized carbons (Fsp3) is 0.650. The number of esters is 1. The van der Waals surface area contributed by atoms with E-state index in [0.717, 1.165) is 29.2 Å². The molecule has 0 aromatic heterocycles. The molecule has 6 unspecified atom stereocenters.